The Hall–Kier alpha value is -0.510. The van der Waals surface area contributed by atoms with Crippen LogP contribution in [-0.2, 0) is 13.0 Å². The quantitative estimate of drug-likeness (QED) is 0.745. The van der Waals surface area contributed by atoms with E-state index in [0.717, 1.165) is 34.4 Å². The van der Waals surface area contributed by atoms with E-state index < -0.39 is 0 Å². The fraction of sp³-hybridized carbons (Fsp3) is 0.308. The Morgan fingerprint density at radius 3 is 2.56 bits per heavy atom. The van der Waals surface area contributed by atoms with E-state index in [0.29, 0.717) is 10.0 Å². The van der Waals surface area contributed by atoms with E-state index in [-0.39, 0.29) is 0 Å². The van der Waals surface area contributed by atoms with E-state index in [1.807, 2.05) is 36.7 Å². The molecule has 0 fully saturated rings. The Morgan fingerprint density at radius 1 is 1.28 bits per heavy atom. The molecule has 0 bridgehead atoms. The summed E-state index contributed by atoms with van der Waals surface area (Å²) < 4.78 is 2.85. The number of hydrogen-bond donors (Lipinski definition) is 0. The van der Waals surface area contributed by atoms with Crippen molar-refractivity contribution in [3.8, 4) is 11.3 Å². The van der Waals surface area contributed by atoms with Crippen LogP contribution in [0.3, 0.4) is 0 Å². The number of benzene rings is 1. The molecule has 0 N–H and O–H groups in total. The SMILES string of the molecule is CCc1nn(CC)c(-c2ccc(Br)cc2Cl)c1Cl. The molecule has 0 amide bonds. The molecule has 2 rings (SSSR count). The first kappa shape index (κ1) is 13.9. The molecule has 0 unspecified atom stereocenters. The van der Waals surface area contributed by atoms with Crippen LogP contribution in [0.15, 0.2) is 22.7 Å². The lowest BCUT2D eigenvalue weighted by molar-refractivity contribution is 0.655. The highest BCUT2D eigenvalue weighted by molar-refractivity contribution is 9.10. The predicted octanol–water partition coefficient (Wildman–Crippen LogP) is 5.20. The van der Waals surface area contributed by atoms with Gasteiger partial charge < -0.3 is 0 Å². The lowest BCUT2D eigenvalue weighted by atomic mass is 10.1. The van der Waals surface area contributed by atoms with E-state index in [9.17, 15) is 0 Å². The van der Waals surface area contributed by atoms with E-state index in [1.165, 1.54) is 0 Å². The zero-order valence-corrected chi connectivity index (χ0v) is 13.3. The third kappa shape index (κ3) is 2.44. The maximum absolute atomic E-state index is 6.40. The lowest BCUT2D eigenvalue weighted by Crippen LogP contribution is -2.00. The first-order valence-corrected chi connectivity index (χ1v) is 7.34. The first-order chi connectivity index (χ1) is 8.58. The van der Waals surface area contributed by atoms with Gasteiger partial charge in [-0.1, -0.05) is 52.1 Å². The molecule has 1 aromatic heterocycles. The third-order valence-electron chi connectivity index (χ3n) is 2.78. The molecule has 0 saturated carbocycles. The number of nitrogens with zero attached hydrogens (tertiary/aromatic N) is 2. The fourth-order valence-electron chi connectivity index (χ4n) is 1.88. The van der Waals surface area contributed by atoms with Crippen LogP contribution in [0.5, 0.6) is 0 Å². The molecular formula is C13H13BrCl2N2. The molecule has 0 aliphatic carbocycles. The van der Waals surface area contributed by atoms with Gasteiger partial charge in [0, 0.05) is 16.6 Å². The van der Waals surface area contributed by atoms with Crippen LogP contribution in [0, 0.1) is 0 Å². The topological polar surface area (TPSA) is 17.8 Å². The molecule has 18 heavy (non-hydrogen) atoms. The minimum absolute atomic E-state index is 0.670. The van der Waals surface area contributed by atoms with Crippen LogP contribution in [0.25, 0.3) is 11.3 Å². The highest BCUT2D eigenvalue weighted by Gasteiger charge is 2.18. The molecule has 0 radical (unpaired) electrons. The average molecular weight is 348 g/mol. The number of aryl methyl sites for hydroxylation is 2. The standard InChI is InChI=1S/C13H13BrCl2N2/c1-3-11-12(16)13(18(4-2)17-11)9-6-5-8(14)7-10(9)15/h5-7H,3-4H2,1-2H3. The second-order valence-corrected chi connectivity index (χ2v) is 5.60. The average Bonchev–Trinajstić information content (AvgIpc) is 2.66. The summed E-state index contributed by atoms with van der Waals surface area (Å²) >= 11 is 16.1. The molecule has 0 atom stereocenters. The normalized spacial score (nSPS) is 10.9. The Kier molecular flexibility index (Phi) is 4.36. The summed E-state index contributed by atoms with van der Waals surface area (Å²) in [6, 6.07) is 5.78. The van der Waals surface area contributed by atoms with Crippen molar-refractivity contribution < 1.29 is 0 Å². The fourth-order valence-corrected chi connectivity index (χ4v) is 3.02. The van der Waals surface area contributed by atoms with Gasteiger partial charge >= 0.3 is 0 Å². The number of rotatable bonds is 3. The van der Waals surface area contributed by atoms with Gasteiger partial charge in [0.1, 0.15) is 0 Å². The Balaban J connectivity index is 2.66. The van der Waals surface area contributed by atoms with Gasteiger partial charge in [-0.3, -0.25) is 4.68 Å². The van der Waals surface area contributed by atoms with E-state index >= 15 is 0 Å². The summed E-state index contributed by atoms with van der Waals surface area (Å²) in [6.45, 7) is 4.85. The zero-order chi connectivity index (χ0) is 13.3. The van der Waals surface area contributed by atoms with Gasteiger partial charge in [-0.2, -0.15) is 5.10 Å². The summed E-state index contributed by atoms with van der Waals surface area (Å²) in [5.41, 5.74) is 2.72. The molecule has 0 saturated heterocycles. The van der Waals surface area contributed by atoms with Gasteiger partial charge in [0.2, 0.25) is 0 Å². The lowest BCUT2D eigenvalue weighted by Gasteiger charge is -2.08. The van der Waals surface area contributed by atoms with E-state index in [4.69, 9.17) is 23.2 Å². The molecule has 0 aliphatic heterocycles. The molecule has 96 valence electrons. The van der Waals surface area contributed by atoms with Crippen LogP contribution < -0.4 is 0 Å². The van der Waals surface area contributed by atoms with Gasteiger partial charge in [-0.15, -0.1) is 0 Å². The Bertz CT molecular complexity index is 579. The molecule has 0 aliphatic rings. The number of hydrogen-bond acceptors (Lipinski definition) is 1. The second kappa shape index (κ2) is 5.64. The summed E-state index contributed by atoms with van der Waals surface area (Å²) in [5.74, 6) is 0. The van der Waals surface area contributed by atoms with Gasteiger partial charge in [0.25, 0.3) is 0 Å². The maximum atomic E-state index is 6.40. The van der Waals surface area contributed by atoms with Crippen molar-refractivity contribution >= 4 is 39.1 Å². The summed E-state index contributed by atoms with van der Waals surface area (Å²) in [7, 11) is 0. The summed E-state index contributed by atoms with van der Waals surface area (Å²) in [5, 5.41) is 5.87. The van der Waals surface area contributed by atoms with Gasteiger partial charge in [0.05, 0.1) is 21.4 Å². The molecule has 1 aromatic carbocycles. The van der Waals surface area contributed by atoms with Crippen LogP contribution in [0.1, 0.15) is 19.5 Å². The molecule has 1 heterocycles. The summed E-state index contributed by atoms with van der Waals surface area (Å²) in [4.78, 5) is 0. The van der Waals surface area contributed by atoms with Crippen LogP contribution in [-0.4, -0.2) is 9.78 Å². The van der Waals surface area contributed by atoms with E-state index in [2.05, 4.69) is 21.0 Å². The largest absolute Gasteiger partial charge is 0.263 e. The van der Waals surface area contributed by atoms with E-state index in [1.54, 1.807) is 0 Å². The van der Waals surface area contributed by atoms with Crippen molar-refractivity contribution in [3.05, 3.63) is 38.4 Å². The number of halogens is 3. The zero-order valence-electron chi connectivity index (χ0n) is 10.2. The van der Waals surface area contributed by atoms with Crippen molar-refractivity contribution in [1.29, 1.82) is 0 Å². The van der Waals surface area contributed by atoms with Crippen LogP contribution >= 0.6 is 39.1 Å². The van der Waals surface area contributed by atoms with Gasteiger partial charge in [0.15, 0.2) is 0 Å². The maximum Gasteiger partial charge on any atom is 0.0898 e. The Labute approximate surface area is 125 Å². The third-order valence-corrected chi connectivity index (χ3v) is 3.98. The van der Waals surface area contributed by atoms with Crippen molar-refractivity contribution in [2.75, 3.05) is 0 Å². The van der Waals surface area contributed by atoms with Crippen LogP contribution in [0.2, 0.25) is 10.0 Å². The van der Waals surface area contributed by atoms with Gasteiger partial charge in [-0.25, -0.2) is 0 Å². The molecule has 2 nitrogen and oxygen atoms in total. The Morgan fingerprint density at radius 2 is 2.00 bits per heavy atom. The van der Waals surface area contributed by atoms with Gasteiger partial charge in [-0.05, 0) is 25.5 Å². The minimum Gasteiger partial charge on any atom is -0.263 e. The highest BCUT2D eigenvalue weighted by Crippen LogP contribution is 2.36. The monoisotopic (exact) mass is 346 g/mol. The minimum atomic E-state index is 0.670. The molecule has 5 heteroatoms. The molecule has 2 aromatic rings. The smallest absolute Gasteiger partial charge is 0.0898 e. The van der Waals surface area contributed by atoms with Crippen molar-refractivity contribution in [1.82, 2.24) is 9.78 Å². The second-order valence-electron chi connectivity index (χ2n) is 3.90. The van der Waals surface area contributed by atoms with Crippen LogP contribution in [0.4, 0.5) is 0 Å². The molecule has 0 spiro atoms. The molecular weight excluding hydrogens is 335 g/mol. The van der Waals surface area contributed by atoms with Crippen molar-refractivity contribution in [2.45, 2.75) is 26.8 Å². The highest BCUT2D eigenvalue weighted by atomic mass is 79.9. The van der Waals surface area contributed by atoms with Crippen molar-refractivity contribution in [3.63, 3.8) is 0 Å². The van der Waals surface area contributed by atoms with Crippen molar-refractivity contribution in [2.24, 2.45) is 0 Å². The number of aromatic nitrogens is 2. The summed E-state index contributed by atoms with van der Waals surface area (Å²) in [6.07, 6.45) is 0.812. The predicted molar refractivity (Wildman–Crippen MR) is 80.4 cm³/mol. The first-order valence-electron chi connectivity index (χ1n) is 5.79.